The Balaban J connectivity index is 1.71. The van der Waals surface area contributed by atoms with E-state index in [1.54, 1.807) is 0 Å². The van der Waals surface area contributed by atoms with E-state index in [2.05, 4.69) is 10.6 Å². The minimum atomic E-state index is -0.888. The van der Waals surface area contributed by atoms with Gasteiger partial charge in [-0.25, -0.2) is 4.79 Å². The lowest BCUT2D eigenvalue weighted by Gasteiger charge is -2.19. The van der Waals surface area contributed by atoms with E-state index in [1.807, 2.05) is 0 Å². The number of benzene rings is 1. The van der Waals surface area contributed by atoms with E-state index < -0.39 is 34.9 Å². The minimum Gasteiger partial charge on any atom is -0.323 e. The fourth-order valence-electron chi connectivity index (χ4n) is 3.19. The first-order valence-corrected chi connectivity index (χ1v) is 8.08. The molecule has 0 radical (unpaired) electrons. The fraction of sp³-hybridized carbons (Fsp3) is 0.400. The largest absolute Gasteiger partial charge is 0.325 e. The third-order valence-corrected chi connectivity index (χ3v) is 4.77. The Labute approximate surface area is 147 Å². The van der Waals surface area contributed by atoms with Gasteiger partial charge in [-0.15, -0.1) is 0 Å². The summed E-state index contributed by atoms with van der Waals surface area (Å²) in [6, 6.07) is 3.01. The van der Waals surface area contributed by atoms with Gasteiger partial charge in [0, 0.05) is 12.1 Å². The summed E-state index contributed by atoms with van der Waals surface area (Å²) >= 11 is 5.92. The topological polar surface area (TPSA) is 122 Å². The maximum absolute atomic E-state index is 12.5. The van der Waals surface area contributed by atoms with Crippen LogP contribution in [0, 0.1) is 10.1 Å². The van der Waals surface area contributed by atoms with Crippen molar-refractivity contribution in [2.75, 3.05) is 11.9 Å². The summed E-state index contributed by atoms with van der Waals surface area (Å²) in [4.78, 5) is 47.8. The van der Waals surface area contributed by atoms with Crippen molar-refractivity contribution < 1.29 is 19.3 Å². The molecule has 1 saturated carbocycles. The van der Waals surface area contributed by atoms with Gasteiger partial charge in [0.05, 0.1) is 15.6 Å². The Morgan fingerprint density at radius 3 is 2.68 bits per heavy atom. The number of nitrogens with zero attached hydrogens (tertiary/aromatic N) is 2. The highest BCUT2D eigenvalue weighted by Crippen LogP contribution is 2.35. The van der Waals surface area contributed by atoms with Crippen molar-refractivity contribution in [3.05, 3.63) is 33.3 Å². The lowest BCUT2D eigenvalue weighted by atomic mass is 9.98. The van der Waals surface area contributed by atoms with E-state index in [0.717, 1.165) is 23.8 Å². The van der Waals surface area contributed by atoms with E-state index in [0.29, 0.717) is 12.8 Å². The van der Waals surface area contributed by atoms with E-state index in [9.17, 15) is 24.5 Å². The number of carbonyl (C=O) groups is 3. The number of carbonyl (C=O) groups excluding carboxylic acids is 3. The van der Waals surface area contributed by atoms with Gasteiger partial charge in [-0.3, -0.25) is 24.6 Å². The van der Waals surface area contributed by atoms with Crippen molar-refractivity contribution in [3.8, 4) is 0 Å². The summed E-state index contributed by atoms with van der Waals surface area (Å²) in [6.45, 7) is -0.481. The first kappa shape index (κ1) is 17.2. The van der Waals surface area contributed by atoms with E-state index in [1.165, 1.54) is 12.1 Å². The summed E-state index contributed by atoms with van der Waals surface area (Å²) < 4.78 is 0. The highest BCUT2D eigenvalue weighted by Gasteiger charge is 2.52. The van der Waals surface area contributed by atoms with Crippen LogP contribution in [0.4, 0.5) is 16.2 Å². The molecular weight excluding hydrogens is 352 g/mol. The van der Waals surface area contributed by atoms with Crippen LogP contribution in [-0.4, -0.2) is 39.8 Å². The highest BCUT2D eigenvalue weighted by molar-refractivity contribution is 6.33. The molecule has 25 heavy (non-hydrogen) atoms. The predicted octanol–water partition coefficient (Wildman–Crippen LogP) is 2.05. The Morgan fingerprint density at radius 1 is 1.36 bits per heavy atom. The van der Waals surface area contributed by atoms with Crippen LogP contribution in [-0.2, 0) is 9.59 Å². The molecule has 10 heteroatoms. The molecule has 132 valence electrons. The number of halogens is 1. The van der Waals surface area contributed by atoms with Gasteiger partial charge in [0.25, 0.3) is 11.6 Å². The Hall–Kier alpha value is -2.68. The average Bonchev–Trinajstić information content (AvgIpc) is 3.11. The first-order valence-electron chi connectivity index (χ1n) is 7.70. The molecule has 0 atom stereocenters. The normalized spacial score (nSPS) is 18.5. The lowest BCUT2D eigenvalue weighted by molar-refractivity contribution is -0.384. The average molecular weight is 367 g/mol. The van der Waals surface area contributed by atoms with Gasteiger partial charge in [0.1, 0.15) is 12.1 Å². The van der Waals surface area contributed by atoms with Crippen LogP contribution in [0.2, 0.25) is 5.02 Å². The van der Waals surface area contributed by atoms with Crippen LogP contribution < -0.4 is 10.6 Å². The molecule has 1 aliphatic carbocycles. The van der Waals surface area contributed by atoms with Gasteiger partial charge < -0.3 is 10.6 Å². The number of urea groups is 1. The maximum atomic E-state index is 12.5. The number of non-ortho nitro benzene ring substituents is 1. The smallest absolute Gasteiger partial charge is 0.323 e. The summed E-state index contributed by atoms with van der Waals surface area (Å²) in [5, 5.41) is 16.0. The van der Waals surface area contributed by atoms with E-state index >= 15 is 0 Å². The summed E-state index contributed by atoms with van der Waals surface area (Å²) in [6.07, 6.45) is 2.81. The minimum absolute atomic E-state index is 0.0449. The Bertz CT molecular complexity index is 775. The molecule has 2 N–H and O–H groups in total. The van der Waals surface area contributed by atoms with Gasteiger partial charge in [-0.05, 0) is 18.9 Å². The quantitative estimate of drug-likeness (QED) is 0.479. The molecule has 2 fully saturated rings. The van der Waals surface area contributed by atoms with Gasteiger partial charge in [-0.2, -0.15) is 0 Å². The number of hydrogen-bond donors (Lipinski definition) is 2. The van der Waals surface area contributed by atoms with Crippen LogP contribution in [0.25, 0.3) is 0 Å². The van der Waals surface area contributed by atoms with Crippen molar-refractivity contribution in [3.63, 3.8) is 0 Å². The zero-order valence-corrected chi connectivity index (χ0v) is 13.8. The van der Waals surface area contributed by atoms with Crippen LogP contribution in [0.3, 0.4) is 0 Å². The zero-order valence-electron chi connectivity index (χ0n) is 13.1. The maximum Gasteiger partial charge on any atom is 0.325 e. The van der Waals surface area contributed by atoms with Crippen LogP contribution >= 0.6 is 11.6 Å². The van der Waals surface area contributed by atoms with Gasteiger partial charge in [-0.1, -0.05) is 24.4 Å². The molecule has 1 aliphatic heterocycles. The monoisotopic (exact) mass is 366 g/mol. The molecule has 1 aromatic carbocycles. The zero-order chi connectivity index (χ0) is 18.2. The number of imide groups is 1. The molecule has 0 bridgehead atoms. The summed E-state index contributed by atoms with van der Waals surface area (Å²) in [5.41, 5.74) is -1.08. The number of nitro benzene ring substituents is 1. The molecule has 0 unspecified atom stereocenters. The second-order valence-corrected chi connectivity index (χ2v) is 6.49. The van der Waals surface area contributed by atoms with Gasteiger partial charge in [0.15, 0.2) is 0 Å². The number of rotatable bonds is 4. The Kier molecular flexibility index (Phi) is 4.34. The SMILES string of the molecule is O=C(CN1C(=O)NC2(CCCC2)C1=O)Nc1cc([N+](=O)[O-])ccc1Cl. The molecule has 1 saturated heterocycles. The number of hydrogen-bond acceptors (Lipinski definition) is 5. The van der Waals surface area contributed by atoms with Crippen molar-refractivity contribution in [1.82, 2.24) is 10.2 Å². The van der Waals surface area contributed by atoms with E-state index in [4.69, 9.17) is 11.6 Å². The second-order valence-electron chi connectivity index (χ2n) is 6.08. The molecule has 4 amide bonds. The van der Waals surface area contributed by atoms with Crippen molar-refractivity contribution >= 4 is 40.8 Å². The van der Waals surface area contributed by atoms with Crippen molar-refractivity contribution in [2.45, 2.75) is 31.2 Å². The molecule has 1 heterocycles. The third kappa shape index (κ3) is 3.14. The number of nitro groups is 1. The lowest BCUT2D eigenvalue weighted by Crippen LogP contribution is -2.44. The highest BCUT2D eigenvalue weighted by atomic mass is 35.5. The van der Waals surface area contributed by atoms with Gasteiger partial charge >= 0.3 is 6.03 Å². The van der Waals surface area contributed by atoms with Crippen LogP contribution in [0.1, 0.15) is 25.7 Å². The molecule has 9 nitrogen and oxygen atoms in total. The first-order chi connectivity index (χ1) is 11.8. The van der Waals surface area contributed by atoms with Crippen LogP contribution in [0.15, 0.2) is 18.2 Å². The van der Waals surface area contributed by atoms with E-state index in [-0.39, 0.29) is 16.4 Å². The molecule has 0 aromatic heterocycles. The molecule has 2 aliphatic rings. The third-order valence-electron chi connectivity index (χ3n) is 4.44. The standard InChI is InChI=1S/C15H15ClN4O5/c16-10-4-3-9(20(24)25)7-11(10)17-12(21)8-19-13(22)15(18-14(19)23)5-1-2-6-15/h3-4,7H,1-2,5-6,8H2,(H,17,21)(H,18,23). The van der Waals surface area contributed by atoms with Crippen molar-refractivity contribution in [1.29, 1.82) is 0 Å². The predicted molar refractivity (Wildman–Crippen MR) is 88.2 cm³/mol. The molecule has 1 aromatic rings. The number of anilines is 1. The summed E-state index contributed by atoms with van der Waals surface area (Å²) in [7, 11) is 0. The summed E-state index contributed by atoms with van der Waals surface area (Å²) in [5.74, 6) is -1.07. The fourth-order valence-corrected chi connectivity index (χ4v) is 3.36. The Morgan fingerprint density at radius 2 is 2.04 bits per heavy atom. The van der Waals surface area contributed by atoms with Gasteiger partial charge in [0.2, 0.25) is 5.91 Å². The molecular formula is C15H15ClN4O5. The van der Waals surface area contributed by atoms with Crippen molar-refractivity contribution in [2.24, 2.45) is 0 Å². The molecule has 1 spiro atoms. The number of nitrogens with one attached hydrogen (secondary N) is 2. The van der Waals surface area contributed by atoms with Crippen LogP contribution in [0.5, 0.6) is 0 Å². The second kappa shape index (κ2) is 6.32. The molecule has 3 rings (SSSR count). The number of amides is 4.